The molecule has 6 nitrogen and oxygen atoms in total. The van der Waals surface area contributed by atoms with Crippen LogP contribution in [0.25, 0.3) is 10.9 Å². The molecule has 2 atom stereocenters. The number of aryl methyl sites for hydroxylation is 1. The van der Waals surface area contributed by atoms with Gasteiger partial charge in [0.1, 0.15) is 0 Å². The molecule has 2 aromatic rings. The Kier molecular flexibility index (Phi) is 3.83. The number of fused-ring (bicyclic) bond motifs is 1. The van der Waals surface area contributed by atoms with Gasteiger partial charge in [-0.3, -0.25) is 14.3 Å². The number of carboxylic acids is 1. The summed E-state index contributed by atoms with van der Waals surface area (Å²) in [5, 5.41) is 17.4. The zero-order chi connectivity index (χ0) is 15.7. The Morgan fingerprint density at radius 2 is 2.14 bits per heavy atom. The number of hydrogen-bond acceptors (Lipinski definition) is 3. The van der Waals surface area contributed by atoms with Gasteiger partial charge in [-0.05, 0) is 18.9 Å². The van der Waals surface area contributed by atoms with Crippen LogP contribution in [0.1, 0.15) is 25.0 Å². The summed E-state index contributed by atoms with van der Waals surface area (Å²) in [5.41, 5.74) is 1.70. The first-order valence-corrected chi connectivity index (χ1v) is 7.49. The predicted octanol–water partition coefficient (Wildman–Crippen LogP) is 1.49. The number of aliphatic carboxylic acids is 1. The number of hydrogen-bond donors (Lipinski definition) is 2. The molecular formula is C16H19N3O3. The van der Waals surface area contributed by atoms with Gasteiger partial charge in [0, 0.05) is 18.5 Å². The molecule has 1 saturated carbocycles. The number of nitrogens with zero attached hydrogens (tertiary/aromatic N) is 2. The van der Waals surface area contributed by atoms with Crippen LogP contribution in [0.15, 0.2) is 24.3 Å². The summed E-state index contributed by atoms with van der Waals surface area (Å²) in [7, 11) is 1.85. The van der Waals surface area contributed by atoms with Crippen LogP contribution in [0.5, 0.6) is 0 Å². The van der Waals surface area contributed by atoms with Gasteiger partial charge in [0.2, 0.25) is 5.91 Å². The minimum Gasteiger partial charge on any atom is -0.481 e. The quantitative estimate of drug-likeness (QED) is 0.896. The summed E-state index contributed by atoms with van der Waals surface area (Å²) in [6, 6.07) is 7.49. The molecule has 1 aromatic carbocycles. The molecule has 22 heavy (non-hydrogen) atoms. The Labute approximate surface area is 128 Å². The molecule has 1 aliphatic carbocycles. The van der Waals surface area contributed by atoms with Crippen molar-refractivity contribution in [1.82, 2.24) is 15.1 Å². The van der Waals surface area contributed by atoms with Crippen molar-refractivity contribution in [2.24, 2.45) is 13.0 Å². The van der Waals surface area contributed by atoms with Gasteiger partial charge in [-0.2, -0.15) is 5.10 Å². The second-order valence-electron chi connectivity index (χ2n) is 5.81. The standard InChI is InChI=1S/C16H19N3O3/c1-19-14-8-3-2-5-10(14)13(18-19)9-15(20)17-12-7-4-6-11(12)16(21)22/h2-3,5,8,11-12H,4,6-7,9H2,1H3,(H,17,20)(H,21,22)/t11-,12+/m0/s1. The molecule has 6 heteroatoms. The van der Waals surface area contributed by atoms with Crippen LogP contribution >= 0.6 is 0 Å². The summed E-state index contributed by atoms with van der Waals surface area (Å²) in [6.07, 6.45) is 2.37. The average molecular weight is 301 g/mol. The van der Waals surface area contributed by atoms with Crippen LogP contribution < -0.4 is 5.32 Å². The van der Waals surface area contributed by atoms with Crippen molar-refractivity contribution in [2.45, 2.75) is 31.7 Å². The van der Waals surface area contributed by atoms with Crippen molar-refractivity contribution < 1.29 is 14.7 Å². The predicted molar refractivity (Wildman–Crippen MR) is 81.3 cm³/mol. The van der Waals surface area contributed by atoms with E-state index in [0.717, 1.165) is 29.4 Å². The van der Waals surface area contributed by atoms with E-state index in [1.54, 1.807) is 4.68 Å². The first-order valence-electron chi connectivity index (χ1n) is 7.49. The number of nitrogens with one attached hydrogen (secondary N) is 1. The van der Waals surface area contributed by atoms with E-state index >= 15 is 0 Å². The SMILES string of the molecule is Cn1nc(CC(=O)N[C@@H]2CCC[C@@H]2C(=O)O)c2ccccc21. The van der Waals surface area contributed by atoms with Crippen LogP contribution in [-0.4, -0.2) is 32.8 Å². The van der Waals surface area contributed by atoms with Crippen molar-refractivity contribution in [3.05, 3.63) is 30.0 Å². The van der Waals surface area contributed by atoms with Gasteiger partial charge in [0.05, 0.1) is 23.5 Å². The monoisotopic (exact) mass is 301 g/mol. The lowest BCUT2D eigenvalue weighted by molar-refractivity contribution is -0.142. The maximum atomic E-state index is 12.2. The summed E-state index contributed by atoms with van der Waals surface area (Å²) in [4.78, 5) is 23.4. The molecule has 3 rings (SSSR count). The highest BCUT2D eigenvalue weighted by molar-refractivity contribution is 5.88. The maximum absolute atomic E-state index is 12.2. The van der Waals surface area contributed by atoms with Crippen LogP contribution in [-0.2, 0) is 23.1 Å². The zero-order valence-corrected chi connectivity index (χ0v) is 12.5. The van der Waals surface area contributed by atoms with Crippen molar-refractivity contribution in [2.75, 3.05) is 0 Å². The lowest BCUT2D eigenvalue weighted by atomic mass is 10.0. The number of amides is 1. The maximum Gasteiger partial charge on any atom is 0.308 e. The van der Waals surface area contributed by atoms with Gasteiger partial charge in [0.25, 0.3) is 0 Å². The van der Waals surface area contributed by atoms with Crippen molar-refractivity contribution in [3.63, 3.8) is 0 Å². The zero-order valence-electron chi connectivity index (χ0n) is 12.5. The Hall–Kier alpha value is -2.37. The number of aromatic nitrogens is 2. The molecule has 1 heterocycles. The van der Waals surface area contributed by atoms with E-state index in [4.69, 9.17) is 5.11 Å². The van der Waals surface area contributed by atoms with E-state index < -0.39 is 11.9 Å². The first kappa shape index (κ1) is 14.6. The van der Waals surface area contributed by atoms with E-state index in [9.17, 15) is 9.59 Å². The summed E-state index contributed by atoms with van der Waals surface area (Å²) < 4.78 is 1.76. The van der Waals surface area contributed by atoms with E-state index in [1.807, 2.05) is 31.3 Å². The third kappa shape index (κ3) is 2.68. The highest BCUT2D eigenvalue weighted by atomic mass is 16.4. The highest BCUT2D eigenvalue weighted by Crippen LogP contribution is 2.26. The van der Waals surface area contributed by atoms with Gasteiger partial charge >= 0.3 is 5.97 Å². The molecule has 0 bridgehead atoms. The van der Waals surface area contributed by atoms with Crippen molar-refractivity contribution in [1.29, 1.82) is 0 Å². The molecule has 1 amide bonds. The fraction of sp³-hybridized carbons (Fsp3) is 0.438. The van der Waals surface area contributed by atoms with Crippen LogP contribution in [0.3, 0.4) is 0 Å². The van der Waals surface area contributed by atoms with Crippen LogP contribution in [0.2, 0.25) is 0 Å². The molecule has 1 aliphatic rings. The minimum atomic E-state index is -0.828. The Morgan fingerprint density at radius 1 is 1.36 bits per heavy atom. The molecule has 116 valence electrons. The van der Waals surface area contributed by atoms with E-state index in [0.29, 0.717) is 6.42 Å². The molecular weight excluding hydrogens is 282 g/mol. The lowest BCUT2D eigenvalue weighted by Gasteiger charge is -2.17. The molecule has 0 unspecified atom stereocenters. The third-order valence-corrected chi connectivity index (χ3v) is 4.34. The number of carbonyl (C=O) groups is 2. The van der Waals surface area contributed by atoms with E-state index in [2.05, 4.69) is 10.4 Å². The largest absolute Gasteiger partial charge is 0.481 e. The van der Waals surface area contributed by atoms with E-state index in [1.165, 1.54) is 0 Å². The van der Waals surface area contributed by atoms with Crippen LogP contribution in [0, 0.1) is 5.92 Å². The Bertz CT molecular complexity index is 722. The van der Waals surface area contributed by atoms with Crippen LogP contribution in [0.4, 0.5) is 0 Å². The minimum absolute atomic E-state index is 0.165. The van der Waals surface area contributed by atoms with Gasteiger partial charge in [-0.15, -0.1) is 0 Å². The molecule has 1 aromatic heterocycles. The smallest absolute Gasteiger partial charge is 0.308 e. The normalized spacial score (nSPS) is 21.1. The molecule has 0 radical (unpaired) electrons. The number of carbonyl (C=O) groups excluding carboxylic acids is 1. The number of rotatable bonds is 4. The lowest BCUT2D eigenvalue weighted by Crippen LogP contribution is -2.40. The second kappa shape index (κ2) is 5.79. The average Bonchev–Trinajstić information content (AvgIpc) is 3.05. The second-order valence-corrected chi connectivity index (χ2v) is 5.81. The molecule has 2 N–H and O–H groups in total. The topological polar surface area (TPSA) is 84.2 Å². The molecule has 0 spiro atoms. The third-order valence-electron chi connectivity index (χ3n) is 4.34. The summed E-state index contributed by atoms with van der Waals surface area (Å²) in [5.74, 6) is -1.46. The van der Waals surface area contributed by atoms with Gasteiger partial charge in [-0.1, -0.05) is 24.6 Å². The van der Waals surface area contributed by atoms with Gasteiger partial charge < -0.3 is 10.4 Å². The Morgan fingerprint density at radius 3 is 2.91 bits per heavy atom. The number of carboxylic acid groups (broad SMARTS) is 1. The van der Waals surface area contributed by atoms with Crippen molar-refractivity contribution in [3.8, 4) is 0 Å². The molecule has 1 fully saturated rings. The fourth-order valence-corrected chi connectivity index (χ4v) is 3.26. The summed E-state index contributed by atoms with van der Waals surface area (Å²) in [6.45, 7) is 0. The Balaban J connectivity index is 1.72. The van der Waals surface area contributed by atoms with Crippen molar-refractivity contribution >= 4 is 22.8 Å². The first-order chi connectivity index (χ1) is 10.6. The number of para-hydroxylation sites is 1. The van der Waals surface area contributed by atoms with Gasteiger partial charge in [0.15, 0.2) is 0 Å². The summed E-state index contributed by atoms with van der Waals surface area (Å²) >= 11 is 0. The highest BCUT2D eigenvalue weighted by Gasteiger charge is 2.33. The molecule has 0 aliphatic heterocycles. The fourth-order valence-electron chi connectivity index (χ4n) is 3.26. The molecule has 0 saturated heterocycles. The van der Waals surface area contributed by atoms with E-state index in [-0.39, 0.29) is 18.4 Å². The number of benzene rings is 1. The van der Waals surface area contributed by atoms with Gasteiger partial charge in [-0.25, -0.2) is 0 Å².